The van der Waals surface area contributed by atoms with Crippen LogP contribution in [-0.4, -0.2) is 125 Å². The Morgan fingerprint density at radius 3 is 2.23 bits per heavy atom. The smallest absolute Gasteiger partial charge is 0.245 e. The van der Waals surface area contributed by atoms with Crippen LogP contribution in [-0.2, 0) is 41.6 Å². The number of rotatable bonds is 23. The molecule has 4 rings (SSSR count). The fourth-order valence-electron chi connectivity index (χ4n) is 8.77. The van der Waals surface area contributed by atoms with Gasteiger partial charge in [0.25, 0.3) is 0 Å². The number of aromatic nitrogens is 3. The molecule has 0 radical (unpaired) electrons. The zero-order valence-corrected chi connectivity index (χ0v) is 38.4. The zero-order valence-electron chi connectivity index (χ0n) is 37.6. The van der Waals surface area contributed by atoms with Crippen molar-refractivity contribution < 1.29 is 28.7 Å². The number of hydrogen-bond acceptors (Lipinski definition) is 10. The summed E-state index contributed by atoms with van der Waals surface area (Å²) >= 11 is 1.50. The van der Waals surface area contributed by atoms with E-state index in [-0.39, 0.29) is 59.9 Å². The maximum atomic E-state index is 14.5. The molecule has 0 saturated carbocycles. The summed E-state index contributed by atoms with van der Waals surface area (Å²) in [5.41, 5.74) is 1.09. The van der Waals surface area contributed by atoms with Crippen molar-refractivity contribution in [1.29, 1.82) is 0 Å². The molecule has 15 heteroatoms. The first-order valence-electron chi connectivity index (χ1n) is 21.5. The van der Waals surface area contributed by atoms with Gasteiger partial charge in [-0.25, -0.2) is 9.97 Å². The maximum absolute atomic E-state index is 14.5. The Kier molecular flexibility index (Phi) is 18.7. The Bertz CT molecular complexity index is 1760. The van der Waals surface area contributed by atoms with Gasteiger partial charge in [0.05, 0.1) is 55.3 Å². The number of carbonyl (C=O) groups is 4. The molecule has 1 saturated heterocycles. The number of methoxy groups -OCH3 is 2. The molecule has 4 amide bonds. The van der Waals surface area contributed by atoms with Gasteiger partial charge in [-0.05, 0) is 49.6 Å². The van der Waals surface area contributed by atoms with Crippen LogP contribution in [0.25, 0.3) is 0 Å². The van der Waals surface area contributed by atoms with Gasteiger partial charge in [-0.3, -0.25) is 24.1 Å². The third-order valence-corrected chi connectivity index (χ3v) is 13.1. The van der Waals surface area contributed by atoms with Gasteiger partial charge >= 0.3 is 0 Å². The van der Waals surface area contributed by atoms with Crippen LogP contribution >= 0.6 is 11.3 Å². The van der Waals surface area contributed by atoms with E-state index < -0.39 is 36.3 Å². The first kappa shape index (κ1) is 48.5. The Morgan fingerprint density at radius 1 is 0.950 bits per heavy atom. The standard InChI is InChI=1S/C45H70N8O6S/c1-12-30(6)40(52(9)45(57)38(28(2)3)50-43(56)39(29(4)5)51(8)27-36-46-20-21-47-36)35(58-10)26-37(54)53-23-16-19-34(53)41(59-11)31(7)42(55)49-33(44-48-22-24-60-44)25-32-17-14-13-15-18-32/h13-15,17-18,20-22,24,28-31,33-35,38-41H,12,16,19,23,25-27H2,1-11H3,(H,46,47)(H,49,55)(H,50,56)/t30-,31+,33-,34-,35+,38-,39-,40-,41+/m0/s1. The molecule has 14 nitrogen and oxygen atoms in total. The molecule has 1 aliphatic heterocycles. The summed E-state index contributed by atoms with van der Waals surface area (Å²) in [6, 6.07) is 7.60. The lowest BCUT2D eigenvalue weighted by Crippen LogP contribution is -2.60. The van der Waals surface area contributed by atoms with Crippen molar-refractivity contribution in [3.05, 3.63) is 70.7 Å². The summed E-state index contributed by atoms with van der Waals surface area (Å²) in [4.78, 5) is 74.2. The number of benzene rings is 1. The summed E-state index contributed by atoms with van der Waals surface area (Å²) in [6.45, 7) is 14.8. The number of amides is 4. The molecular weight excluding hydrogens is 781 g/mol. The Labute approximate surface area is 361 Å². The maximum Gasteiger partial charge on any atom is 0.245 e. The Balaban J connectivity index is 1.48. The molecule has 3 aromatic rings. The number of imidazole rings is 1. The van der Waals surface area contributed by atoms with Crippen LogP contribution in [0.1, 0.15) is 96.6 Å². The van der Waals surface area contributed by atoms with E-state index in [1.165, 1.54) is 11.3 Å². The number of nitrogens with one attached hydrogen (secondary N) is 3. The zero-order chi connectivity index (χ0) is 44.1. The molecular formula is C45H70N8O6S. The number of thiazole rings is 1. The third kappa shape index (κ3) is 12.5. The van der Waals surface area contributed by atoms with Crippen molar-refractivity contribution in [2.24, 2.45) is 23.7 Å². The molecule has 0 spiro atoms. The van der Waals surface area contributed by atoms with Crippen molar-refractivity contribution in [2.75, 3.05) is 34.9 Å². The summed E-state index contributed by atoms with van der Waals surface area (Å²) in [5, 5.41) is 9.07. The Hall–Kier alpha value is -4.18. The van der Waals surface area contributed by atoms with E-state index in [4.69, 9.17) is 9.47 Å². The van der Waals surface area contributed by atoms with Crippen LogP contribution in [0.4, 0.5) is 0 Å². The van der Waals surface area contributed by atoms with Crippen molar-refractivity contribution in [3.63, 3.8) is 0 Å². The molecule has 3 N–H and O–H groups in total. The quantitative estimate of drug-likeness (QED) is 0.112. The van der Waals surface area contributed by atoms with Crippen LogP contribution < -0.4 is 10.6 Å². The number of likely N-dealkylation sites (N-methyl/N-ethyl adjacent to an activating group) is 2. The van der Waals surface area contributed by atoms with E-state index in [1.807, 2.05) is 87.2 Å². The number of aromatic amines is 1. The minimum Gasteiger partial charge on any atom is -0.379 e. The van der Waals surface area contributed by atoms with E-state index in [0.29, 0.717) is 25.9 Å². The second kappa shape index (κ2) is 23.2. The molecule has 1 fully saturated rings. The van der Waals surface area contributed by atoms with E-state index in [0.717, 1.165) is 29.2 Å². The molecule has 60 heavy (non-hydrogen) atoms. The molecule has 0 aliphatic carbocycles. The normalized spacial score (nSPS) is 18.4. The lowest BCUT2D eigenvalue weighted by molar-refractivity contribution is -0.148. The monoisotopic (exact) mass is 851 g/mol. The number of hydrogen-bond donors (Lipinski definition) is 3. The molecule has 2 aromatic heterocycles. The predicted molar refractivity (Wildman–Crippen MR) is 235 cm³/mol. The van der Waals surface area contributed by atoms with Gasteiger partial charge in [-0.15, -0.1) is 11.3 Å². The lowest BCUT2D eigenvalue weighted by Gasteiger charge is -2.41. The van der Waals surface area contributed by atoms with Crippen LogP contribution in [0.5, 0.6) is 0 Å². The van der Waals surface area contributed by atoms with Gasteiger partial charge in [0.1, 0.15) is 16.9 Å². The fraction of sp³-hybridized carbons (Fsp3) is 0.644. The molecule has 0 unspecified atom stereocenters. The highest BCUT2D eigenvalue weighted by Gasteiger charge is 2.43. The third-order valence-electron chi connectivity index (χ3n) is 12.2. The van der Waals surface area contributed by atoms with Gasteiger partial charge in [0.2, 0.25) is 23.6 Å². The first-order chi connectivity index (χ1) is 28.6. The van der Waals surface area contributed by atoms with Crippen LogP contribution in [0, 0.1) is 23.7 Å². The second-order valence-corrected chi connectivity index (χ2v) is 18.0. The van der Waals surface area contributed by atoms with Crippen molar-refractivity contribution in [1.82, 2.24) is 40.3 Å². The van der Waals surface area contributed by atoms with Gasteiger partial charge in [-0.1, -0.05) is 85.2 Å². The highest BCUT2D eigenvalue weighted by Crippen LogP contribution is 2.31. The number of nitrogens with zero attached hydrogens (tertiary/aromatic N) is 5. The molecule has 1 aromatic carbocycles. The average molecular weight is 851 g/mol. The number of ether oxygens (including phenoxy) is 2. The van der Waals surface area contributed by atoms with E-state index in [9.17, 15) is 19.2 Å². The summed E-state index contributed by atoms with van der Waals surface area (Å²) < 4.78 is 12.2. The lowest BCUT2D eigenvalue weighted by atomic mass is 9.89. The summed E-state index contributed by atoms with van der Waals surface area (Å²) in [6.07, 6.45) is 6.82. The molecule has 3 heterocycles. The van der Waals surface area contributed by atoms with Gasteiger partial charge in [0, 0.05) is 51.8 Å². The summed E-state index contributed by atoms with van der Waals surface area (Å²) in [7, 11) is 6.80. The van der Waals surface area contributed by atoms with Crippen LogP contribution in [0.3, 0.4) is 0 Å². The van der Waals surface area contributed by atoms with Crippen LogP contribution in [0.2, 0.25) is 0 Å². The molecule has 1 aliphatic rings. The van der Waals surface area contributed by atoms with E-state index in [2.05, 4.69) is 39.4 Å². The summed E-state index contributed by atoms with van der Waals surface area (Å²) in [5.74, 6) is -0.855. The minimum absolute atomic E-state index is 0.0328. The van der Waals surface area contributed by atoms with Crippen molar-refractivity contribution >= 4 is 35.0 Å². The molecule has 9 atom stereocenters. The SMILES string of the molecule is CC[C@H](C)[C@@H]([C@@H](CC(=O)N1CCC[C@H]1[C@H](OC)[C@@H](C)C(=O)N[C@@H](Cc1ccccc1)c1nccs1)OC)N(C)C(=O)[C@@H](NC(=O)[C@H](C(C)C)N(C)Cc1ncc[nH]1)C(C)C. The minimum atomic E-state index is -0.804. The van der Waals surface area contributed by atoms with E-state index >= 15 is 0 Å². The van der Waals surface area contributed by atoms with Gasteiger partial charge in [-0.2, -0.15) is 0 Å². The first-order valence-corrected chi connectivity index (χ1v) is 22.3. The second-order valence-electron chi connectivity index (χ2n) is 17.1. The number of likely N-dealkylation sites (tertiary alicyclic amines) is 1. The van der Waals surface area contributed by atoms with E-state index in [1.54, 1.807) is 44.8 Å². The topological polar surface area (TPSA) is 162 Å². The fourth-order valence-corrected chi connectivity index (χ4v) is 9.46. The van der Waals surface area contributed by atoms with Crippen LogP contribution in [0.15, 0.2) is 54.3 Å². The number of carbonyl (C=O) groups excluding carboxylic acids is 4. The highest BCUT2D eigenvalue weighted by atomic mass is 32.1. The Morgan fingerprint density at radius 2 is 1.67 bits per heavy atom. The number of H-pyrrole nitrogens is 1. The average Bonchev–Trinajstić information content (AvgIpc) is 4.04. The largest absolute Gasteiger partial charge is 0.379 e. The molecule has 332 valence electrons. The van der Waals surface area contributed by atoms with Gasteiger partial charge in [0.15, 0.2) is 0 Å². The molecule has 0 bridgehead atoms. The highest BCUT2D eigenvalue weighted by molar-refractivity contribution is 7.09. The predicted octanol–water partition coefficient (Wildman–Crippen LogP) is 5.48. The van der Waals surface area contributed by atoms with Gasteiger partial charge < -0.3 is 34.9 Å². The van der Waals surface area contributed by atoms with Crippen molar-refractivity contribution in [2.45, 2.75) is 130 Å². The van der Waals surface area contributed by atoms with Crippen molar-refractivity contribution in [3.8, 4) is 0 Å².